The first kappa shape index (κ1) is 12.6. The van der Waals surface area contributed by atoms with Gasteiger partial charge in [-0.25, -0.2) is 0 Å². The smallest absolute Gasteiger partial charge is 0.294 e. The van der Waals surface area contributed by atoms with Crippen molar-refractivity contribution < 1.29 is 14.3 Å². The lowest BCUT2D eigenvalue weighted by atomic mass is 10.1. The predicted octanol–water partition coefficient (Wildman–Crippen LogP) is 2.96. The van der Waals surface area contributed by atoms with Crippen LogP contribution in [-0.4, -0.2) is 18.6 Å². The zero-order valence-corrected chi connectivity index (χ0v) is 10.8. The highest BCUT2D eigenvalue weighted by Crippen LogP contribution is 2.34. The molecule has 0 bridgehead atoms. The van der Waals surface area contributed by atoms with Gasteiger partial charge in [0.2, 0.25) is 5.56 Å². The first-order chi connectivity index (χ1) is 8.67. The van der Waals surface area contributed by atoms with Gasteiger partial charge in [-0.15, -0.1) is 0 Å². The number of methoxy groups -OCH3 is 1. The second-order valence-corrected chi connectivity index (χ2v) is 4.21. The van der Waals surface area contributed by atoms with Gasteiger partial charge < -0.3 is 9.47 Å². The van der Waals surface area contributed by atoms with Crippen LogP contribution in [0.15, 0.2) is 24.4 Å². The second kappa shape index (κ2) is 5.23. The number of carbonyl (C=O) groups is 1. The standard InChI is InChI=1S/C13H12ClNO3/c1-8-3-4-10-9(5-8)6-15-11(12(10)17-2)13(14)18-7-16/h3-7,13H,1-2H3. The summed E-state index contributed by atoms with van der Waals surface area (Å²) >= 11 is 5.93. The zero-order valence-electron chi connectivity index (χ0n) is 10.0. The highest BCUT2D eigenvalue weighted by atomic mass is 35.5. The third-order valence-electron chi connectivity index (χ3n) is 2.62. The Bertz CT molecular complexity index is 586. The summed E-state index contributed by atoms with van der Waals surface area (Å²) < 4.78 is 10.0. The third-order valence-corrected chi connectivity index (χ3v) is 2.93. The van der Waals surface area contributed by atoms with Crippen molar-refractivity contribution in [2.24, 2.45) is 0 Å². The lowest BCUT2D eigenvalue weighted by Crippen LogP contribution is -2.02. The Morgan fingerprint density at radius 1 is 1.44 bits per heavy atom. The largest absolute Gasteiger partial charge is 0.494 e. The van der Waals surface area contributed by atoms with Crippen molar-refractivity contribution in [2.75, 3.05) is 7.11 Å². The van der Waals surface area contributed by atoms with Crippen LogP contribution < -0.4 is 4.74 Å². The van der Waals surface area contributed by atoms with Crippen LogP contribution in [0, 0.1) is 6.92 Å². The normalized spacial score (nSPS) is 12.2. The molecule has 0 aliphatic carbocycles. The van der Waals surface area contributed by atoms with Crippen molar-refractivity contribution in [3.8, 4) is 5.75 Å². The second-order valence-electron chi connectivity index (χ2n) is 3.82. The van der Waals surface area contributed by atoms with E-state index in [0.717, 1.165) is 16.3 Å². The Hall–Kier alpha value is -1.81. The topological polar surface area (TPSA) is 48.4 Å². The third kappa shape index (κ3) is 2.24. The maximum absolute atomic E-state index is 10.3. The van der Waals surface area contributed by atoms with Gasteiger partial charge in [0.1, 0.15) is 5.69 Å². The molecule has 2 aromatic rings. The molecule has 1 aromatic carbocycles. The molecule has 5 heteroatoms. The van der Waals surface area contributed by atoms with Gasteiger partial charge in [0.25, 0.3) is 6.47 Å². The van der Waals surface area contributed by atoms with E-state index in [9.17, 15) is 4.79 Å². The quantitative estimate of drug-likeness (QED) is 0.630. The molecule has 0 fully saturated rings. The van der Waals surface area contributed by atoms with E-state index in [4.69, 9.17) is 16.3 Å². The molecule has 1 heterocycles. The molecule has 0 amide bonds. The number of halogens is 1. The van der Waals surface area contributed by atoms with Gasteiger partial charge in [-0.3, -0.25) is 9.78 Å². The monoisotopic (exact) mass is 265 g/mol. The molecular formula is C13H12ClNO3. The van der Waals surface area contributed by atoms with Gasteiger partial charge in [0.05, 0.1) is 7.11 Å². The molecule has 0 aliphatic heterocycles. The average molecular weight is 266 g/mol. The molecule has 2 rings (SSSR count). The maximum Gasteiger partial charge on any atom is 0.294 e. The van der Waals surface area contributed by atoms with Crippen molar-refractivity contribution in [3.05, 3.63) is 35.7 Å². The van der Waals surface area contributed by atoms with Crippen LogP contribution >= 0.6 is 11.6 Å². The fourth-order valence-electron chi connectivity index (χ4n) is 1.82. The number of aryl methyl sites for hydroxylation is 1. The van der Waals surface area contributed by atoms with E-state index in [1.54, 1.807) is 6.20 Å². The van der Waals surface area contributed by atoms with Crippen LogP contribution in [0.1, 0.15) is 16.8 Å². The number of pyridine rings is 1. The van der Waals surface area contributed by atoms with E-state index in [0.29, 0.717) is 11.4 Å². The fraction of sp³-hybridized carbons (Fsp3) is 0.231. The summed E-state index contributed by atoms with van der Waals surface area (Å²) in [6.07, 6.45) is 1.68. The number of hydrogen-bond acceptors (Lipinski definition) is 4. The first-order valence-corrected chi connectivity index (χ1v) is 5.77. The Morgan fingerprint density at radius 2 is 2.22 bits per heavy atom. The molecule has 0 radical (unpaired) electrons. The van der Waals surface area contributed by atoms with Crippen LogP contribution in [-0.2, 0) is 9.53 Å². The summed E-state index contributed by atoms with van der Waals surface area (Å²) in [5.41, 5.74) is 0.566. The van der Waals surface area contributed by atoms with E-state index >= 15 is 0 Å². The van der Waals surface area contributed by atoms with Gasteiger partial charge in [-0.05, 0) is 13.0 Å². The van der Waals surface area contributed by atoms with Gasteiger partial charge in [0.15, 0.2) is 5.75 Å². The Morgan fingerprint density at radius 3 is 2.89 bits per heavy atom. The Balaban J connectivity index is 2.62. The number of ether oxygens (including phenoxy) is 2. The van der Waals surface area contributed by atoms with Gasteiger partial charge in [0, 0.05) is 17.0 Å². The number of alkyl halides is 1. The summed E-state index contributed by atoms with van der Waals surface area (Å²) in [7, 11) is 1.53. The number of hydrogen-bond donors (Lipinski definition) is 0. The molecule has 1 atom stereocenters. The molecule has 0 spiro atoms. The maximum atomic E-state index is 10.3. The summed E-state index contributed by atoms with van der Waals surface area (Å²) in [6, 6.07) is 5.90. The first-order valence-electron chi connectivity index (χ1n) is 5.33. The fourth-order valence-corrected chi connectivity index (χ4v) is 2.02. The zero-order chi connectivity index (χ0) is 13.1. The minimum Gasteiger partial charge on any atom is -0.494 e. The molecule has 1 aromatic heterocycles. The summed E-state index contributed by atoms with van der Waals surface area (Å²) in [5, 5.41) is 1.83. The van der Waals surface area contributed by atoms with Crippen molar-refractivity contribution >= 4 is 28.8 Å². The van der Waals surface area contributed by atoms with Crippen LogP contribution in [0.2, 0.25) is 0 Å². The minimum atomic E-state index is -0.955. The molecule has 0 saturated carbocycles. The summed E-state index contributed by atoms with van der Waals surface area (Å²) in [5.74, 6) is 0.523. The van der Waals surface area contributed by atoms with E-state index < -0.39 is 5.56 Å². The van der Waals surface area contributed by atoms with Crippen molar-refractivity contribution in [3.63, 3.8) is 0 Å². The van der Waals surface area contributed by atoms with Gasteiger partial charge in [-0.2, -0.15) is 0 Å². The highest BCUT2D eigenvalue weighted by molar-refractivity contribution is 6.20. The molecule has 0 N–H and O–H groups in total. The molecule has 4 nitrogen and oxygen atoms in total. The number of nitrogens with zero attached hydrogens (tertiary/aromatic N) is 1. The minimum absolute atomic E-state index is 0.290. The number of aromatic nitrogens is 1. The lowest BCUT2D eigenvalue weighted by Gasteiger charge is -2.13. The molecule has 1 unspecified atom stereocenters. The van der Waals surface area contributed by atoms with Gasteiger partial charge >= 0.3 is 0 Å². The highest BCUT2D eigenvalue weighted by Gasteiger charge is 2.18. The van der Waals surface area contributed by atoms with Crippen LogP contribution in [0.3, 0.4) is 0 Å². The van der Waals surface area contributed by atoms with E-state index in [1.807, 2.05) is 25.1 Å². The van der Waals surface area contributed by atoms with Crippen molar-refractivity contribution in [1.29, 1.82) is 0 Å². The van der Waals surface area contributed by atoms with Crippen LogP contribution in [0.5, 0.6) is 5.75 Å². The summed E-state index contributed by atoms with van der Waals surface area (Å²) in [6.45, 7) is 2.29. The van der Waals surface area contributed by atoms with E-state index in [2.05, 4.69) is 9.72 Å². The van der Waals surface area contributed by atoms with Crippen molar-refractivity contribution in [2.45, 2.75) is 12.5 Å². The number of fused-ring (bicyclic) bond motifs is 1. The number of carbonyl (C=O) groups excluding carboxylic acids is 1. The Labute approximate surface area is 109 Å². The Kier molecular flexibility index (Phi) is 3.67. The lowest BCUT2D eigenvalue weighted by molar-refractivity contribution is -0.130. The number of rotatable bonds is 4. The predicted molar refractivity (Wildman–Crippen MR) is 68.8 cm³/mol. The van der Waals surface area contributed by atoms with Crippen LogP contribution in [0.4, 0.5) is 0 Å². The van der Waals surface area contributed by atoms with E-state index in [-0.39, 0.29) is 6.47 Å². The molecule has 0 aliphatic rings. The average Bonchev–Trinajstić information content (AvgIpc) is 2.37. The molecular weight excluding hydrogens is 254 g/mol. The SMILES string of the molecule is COc1c(C(Cl)OC=O)ncc2cc(C)ccc12. The summed E-state index contributed by atoms with van der Waals surface area (Å²) in [4.78, 5) is 14.5. The number of benzene rings is 1. The molecule has 0 saturated heterocycles. The van der Waals surface area contributed by atoms with E-state index in [1.165, 1.54) is 7.11 Å². The van der Waals surface area contributed by atoms with Gasteiger partial charge in [-0.1, -0.05) is 29.3 Å². The van der Waals surface area contributed by atoms with Crippen LogP contribution in [0.25, 0.3) is 10.8 Å². The van der Waals surface area contributed by atoms with Crippen molar-refractivity contribution in [1.82, 2.24) is 4.98 Å². The molecule has 18 heavy (non-hydrogen) atoms. The molecule has 94 valence electrons.